The van der Waals surface area contributed by atoms with Crippen molar-refractivity contribution >= 4 is 0 Å². The fourth-order valence-electron chi connectivity index (χ4n) is 3.77. The number of morpholine rings is 1. The zero-order valence-electron chi connectivity index (χ0n) is 15.0. The van der Waals surface area contributed by atoms with E-state index in [1.165, 1.54) is 31.4 Å². The summed E-state index contributed by atoms with van der Waals surface area (Å²) in [5.41, 5.74) is 1.29. The second-order valence-electron chi connectivity index (χ2n) is 6.72. The van der Waals surface area contributed by atoms with Crippen molar-refractivity contribution in [3.8, 4) is 11.5 Å². The van der Waals surface area contributed by atoms with E-state index in [0.29, 0.717) is 6.04 Å². The molecule has 0 amide bonds. The van der Waals surface area contributed by atoms with Crippen LogP contribution in [-0.2, 0) is 11.3 Å². The van der Waals surface area contributed by atoms with Crippen LogP contribution in [0.25, 0.3) is 0 Å². The highest BCUT2D eigenvalue weighted by atomic mass is 16.5. The lowest BCUT2D eigenvalue weighted by Crippen LogP contribution is -2.49. The first-order valence-corrected chi connectivity index (χ1v) is 9.05. The molecule has 5 nitrogen and oxygen atoms in total. The van der Waals surface area contributed by atoms with Crippen molar-refractivity contribution in [2.75, 3.05) is 53.6 Å². The summed E-state index contributed by atoms with van der Waals surface area (Å²) in [5.74, 6) is 1.61. The molecular formula is C19H30N2O3. The van der Waals surface area contributed by atoms with Crippen LogP contribution >= 0.6 is 0 Å². The molecule has 5 heteroatoms. The Kier molecular flexibility index (Phi) is 6.35. The second kappa shape index (κ2) is 8.70. The SMILES string of the molecule is COc1ccc(CN2CCCC[C@@H]2CN2CCOCC2)cc1OC. The van der Waals surface area contributed by atoms with E-state index < -0.39 is 0 Å². The first-order valence-electron chi connectivity index (χ1n) is 9.05. The van der Waals surface area contributed by atoms with Gasteiger partial charge in [0.25, 0.3) is 0 Å². The van der Waals surface area contributed by atoms with Crippen molar-refractivity contribution < 1.29 is 14.2 Å². The third kappa shape index (κ3) is 4.41. The summed E-state index contributed by atoms with van der Waals surface area (Å²) < 4.78 is 16.3. The molecule has 1 aromatic carbocycles. The molecule has 134 valence electrons. The van der Waals surface area contributed by atoms with Crippen LogP contribution in [0.3, 0.4) is 0 Å². The van der Waals surface area contributed by atoms with Gasteiger partial charge in [-0.1, -0.05) is 12.5 Å². The molecule has 2 saturated heterocycles. The van der Waals surface area contributed by atoms with Crippen molar-refractivity contribution in [1.29, 1.82) is 0 Å². The van der Waals surface area contributed by atoms with Gasteiger partial charge in [0.15, 0.2) is 11.5 Å². The van der Waals surface area contributed by atoms with Gasteiger partial charge >= 0.3 is 0 Å². The van der Waals surface area contributed by atoms with Crippen molar-refractivity contribution in [2.24, 2.45) is 0 Å². The summed E-state index contributed by atoms with van der Waals surface area (Å²) in [6, 6.07) is 6.92. The first-order chi connectivity index (χ1) is 11.8. The Bertz CT molecular complexity index is 517. The predicted octanol–water partition coefficient (Wildman–Crippen LogP) is 2.39. The Morgan fingerprint density at radius 1 is 1.04 bits per heavy atom. The van der Waals surface area contributed by atoms with Crippen LogP contribution in [0.2, 0.25) is 0 Å². The Labute approximate surface area is 145 Å². The van der Waals surface area contributed by atoms with Crippen LogP contribution < -0.4 is 9.47 Å². The monoisotopic (exact) mass is 334 g/mol. The van der Waals surface area contributed by atoms with Gasteiger partial charge in [-0.2, -0.15) is 0 Å². The van der Waals surface area contributed by atoms with Crippen molar-refractivity contribution in [2.45, 2.75) is 31.8 Å². The lowest BCUT2D eigenvalue weighted by molar-refractivity contribution is 0.0153. The van der Waals surface area contributed by atoms with E-state index in [1.807, 2.05) is 6.07 Å². The zero-order valence-corrected chi connectivity index (χ0v) is 15.0. The Morgan fingerprint density at radius 3 is 2.58 bits per heavy atom. The molecule has 2 fully saturated rings. The minimum atomic E-state index is 0.643. The Morgan fingerprint density at radius 2 is 1.83 bits per heavy atom. The van der Waals surface area contributed by atoms with Gasteiger partial charge in [0.2, 0.25) is 0 Å². The molecule has 0 unspecified atom stereocenters. The van der Waals surface area contributed by atoms with Crippen molar-refractivity contribution in [3.05, 3.63) is 23.8 Å². The maximum absolute atomic E-state index is 5.48. The molecule has 0 aliphatic carbocycles. The van der Waals surface area contributed by atoms with Gasteiger partial charge in [0.1, 0.15) is 0 Å². The fraction of sp³-hybridized carbons (Fsp3) is 0.684. The number of benzene rings is 1. The first kappa shape index (κ1) is 17.5. The third-order valence-corrected chi connectivity index (χ3v) is 5.16. The summed E-state index contributed by atoms with van der Waals surface area (Å²) in [5, 5.41) is 0. The minimum Gasteiger partial charge on any atom is -0.493 e. The molecule has 2 heterocycles. The average molecular weight is 334 g/mol. The quantitative estimate of drug-likeness (QED) is 0.798. The lowest BCUT2D eigenvalue weighted by atomic mass is 10.00. The number of likely N-dealkylation sites (tertiary alicyclic amines) is 1. The van der Waals surface area contributed by atoms with E-state index in [2.05, 4.69) is 21.9 Å². The minimum absolute atomic E-state index is 0.643. The summed E-state index contributed by atoms with van der Waals surface area (Å²) in [7, 11) is 3.38. The Hall–Kier alpha value is -1.30. The summed E-state index contributed by atoms with van der Waals surface area (Å²) in [6.45, 7) is 7.22. The van der Waals surface area contributed by atoms with Gasteiger partial charge in [-0.15, -0.1) is 0 Å². The van der Waals surface area contributed by atoms with E-state index in [1.54, 1.807) is 14.2 Å². The number of nitrogens with zero attached hydrogens (tertiary/aromatic N) is 2. The molecule has 1 atom stereocenters. The number of methoxy groups -OCH3 is 2. The molecule has 2 aliphatic rings. The van der Waals surface area contributed by atoms with Crippen LogP contribution in [-0.4, -0.2) is 69.5 Å². The number of hydrogen-bond acceptors (Lipinski definition) is 5. The highest BCUT2D eigenvalue weighted by Crippen LogP contribution is 2.29. The van der Waals surface area contributed by atoms with Gasteiger partial charge < -0.3 is 14.2 Å². The van der Waals surface area contributed by atoms with Crippen LogP contribution in [0.5, 0.6) is 11.5 Å². The van der Waals surface area contributed by atoms with Crippen molar-refractivity contribution in [1.82, 2.24) is 9.80 Å². The molecule has 0 saturated carbocycles. The smallest absolute Gasteiger partial charge is 0.161 e. The van der Waals surface area contributed by atoms with Crippen LogP contribution in [0.1, 0.15) is 24.8 Å². The van der Waals surface area contributed by atoms with E-state index in [4.69, 9.17) is 14.2 Å². The Balaban J connectivity index is 1.64. The topological polar surface area (TPSA) is 34.2 Å². The standard InChI is InChI=1S/C19H30N2O3/c1-22-18-7-6-16(13-19(18)23-2)14-21-8-4-3-5-17(21)15-20-9-11-24-12-10-20/h6-7,13,17H,3-5,8-12,14-15H2,1-2H3/t17-/m1/s1. The normalized spacial score (nSPS) is 23.2. The molecule has 24 heavy (non-hydrogen) atoms. The summed E-state index contributed by atoms with van der Waals surface area (Å²) in [6.07, 6.45) is 3.94. The highest BCUT2D eigenvalue weighted by molar-refractivity contribution is 5.42. The number of rotatable bonds is 6. The molecule has 0 spiro atoms. The number of hydrogen-bond donors (Lipinski definition) is 0. The summed E-state index contributed by atoms with van der Waals surface area (Å²) in [4.78, 5) is 5.20. The van der Waals surface area contributed by atoms with E-state index in [-0.39, 0.29) is 0 Å². The summed E-state index contributed by atoms with van der Waals surface area (Å²) >= 11 is 0. The molecule has 0 radical (unpaired) electrons. The van der Waals surface area contributed by atoms with Crippen LogP contribution in [0, 0.1) is 0 Å². The average Bonchev–Trinajstić information content (AvgIpc) is 2.64. The molecule has 2 aliphatic heterocycles. The maximum Gasteiger partial charge on any atom is 0.161 e. The van der Waals surface area contributed by atoms with Gasteiger partial charge in [-0.05, 0) is 37.1 Å². The number of ether oxygens (including phenoxy) is 3. The molecular weight excluding hydrogens is 304 g/mol. The van der Waals surface area contributed by atoms with Gasteiger partial charge in [-0.25, -0.2) is 0 Å². The van der Waals surface area contributed by atoms with Crippen molar-refractivity contribution in [3.63, 3.8) is 0 Å². The van der Waals surface area contributed by atoms with E-state index >= 15 is 0 Å². The van der Waals surface area contributed by atoms with Gasteiger partial charge in [-0.3, -0.25) is 9.80 Å². The zero-order chi connectivity index (χ0) is 16.8. The maximum atomic E-state index is 5.48. The highest BCUT2D eigenvalue weighted by Gasteiger charge is 2.25. The second-order valence-corrected chi connectivity index (χ2v) is 6.72. The predicted molar refractivity (Wildman–Crippen MR) is 94.9 cm³/mol. The molecule has 0 aromatic heterocycles. The van der Waals surface area contributed by atoms with Crippen LogP contribution in [0.15, 0.2) is 18.2 Å². The van der Waals surface area contributed by atoms with E-state index in [9.17, 15) is 0 Å². The molecule has 0 N–H and O–H groups in total. The molecule has 0 bridgehead atoms. The lowest BCUT2D eigenvalue weighted by Gasteiger charge is -2.39. The largest absolute Gasteiger partial charge is 0.493 e. The third-order valence-electron chi connectivity index (χ3n) is 5.16. The van der Waals surface area contributed by atoms with Gasteiger partial charge in [0, 0.05) is 32.2 Å². The molecule has 1 aromatic rings. The van der Waals surface area contributed by atoms with Crippen LogP contribution in [0.4, 0.5) is 0 Å². The fourth-order valence-corrected chi connectivity index (χ4v) is 3.77. The molecule has 3 rings (SSSR count). The van der Waals surface area contributed by atoms with Gasteiger partial charge in [0.05, 0.1) is 27.4 Å². The van der Waals surface area contributed by atoms with E-state index in [0.717, 1.165) is 50.9 Å². The number of piperidine rings is 1.